The van der Waals surface area contributed by atoms with E-state index in [1.807, 2.05) is 61.5 Å². The van der Waals surface area contributed by atoms with E-state index >= 15 is 0 Å². The summed E-state index contributed by atoms with van der Waals surface area (Å²) >= 11 is 15.7. The average Bonchev–Trinajstić information content (AvgIpc) is 2.99. The molecule has 0 spiro atoms. The van der Waals surface area contributed by atoms with Gasteiger partial charge in [-0.25, -0.2) is 0 Å². The van der Waals surface area contributed by atoms with E-state index in [2.05, 4.69) is 15.9 Å². The summed E-state index contributed by atoms with van der Waals surface area (Å²) in [5.74, 6) is 0.712. The summed E-state index contributed by atoms with van der Waals surface area (Å²) in [6.45, 7) is 2.94. The van der Waals surface area contributed by atoms with Crippen molar-refractivity contribution in [3.8, 4) is 5.75 Å². The van der Waals surface area contributed by atoms with Crippen LogP contribution in [0, 0.1) is 0 Å². The minimum atomic E-state index is 0.0209. The molecule has 1 heterocycles. The maximum atomic E-state index is 12.9. The highest BCUT2D eigenvalue weighted by atomic mass is 79.9. The molecule has 0 unspecified atom stereocenters. The van der Waals surface area contributed by atoms with E-state index in [-0.39, 0.29) is 5.91 Å². The third kappa shape index (κ3) is 4.13. The zero-order valence-corrected chi connectivity index (χ0v) is 19.3. The molecule has 6 heteroatoms. The fraction of sp³-hybridized carbons (Fsp3) is 0.125. The van der Waals surface area contributed by atoms with Crippen molar-refractivity contribution in [2.75, 3.05) is 11.4 Å². The van der Waals surface area contributed by atoms with E-state index < -0.39 is 0 Å². The summed E-state index contributed by atoms with van der Waals surface area (Å²) in [6, 6.07) is 18.9. The normalized spacial score (nSPS) is 14.3. The van der Waals surface area contributed by atoms with Crippen LogP contribution in [0.15, 0.2) is 65.1 Å². The van der Waals surface area contributed by atoms with Crippen molar-refractivity contribution < 1.29 is 9.53 Å². The lowest BCUT2D eigenvalue weighted by molar-refractivity contribution is -0.112. The molecule has 0 radical (unpaired) electrons. The van der Waals surface area contributed by atoms with Gasteiger partial charge in [0, 0.05) is 33.3 Å². The zero-order chi connectivity index (χ0) is 21.3. The summed E-state index contributed by atoms with van der Waals surface area (Å²) in [6.07, 6.45) is 1.92. The summed E-state index contributed by atoms with van der Waals surface area (Å²) in [5.41, 5.74) is 4.37. The number of nitrogens with zero attached hydrogens (tertiary/aromatic N) is 1. The first kappa shape index (κ1) is 21.0. The molecular weight excluding hydrogens is 485 g/mol. The van der Waals surface area contributed by atoms with E-state index in [0.29, 0.717) is 34.5 Å². The minimum absolute atomic E-state index is 0.0209. The van der Waals surface area contributed by atoms with Crippen LogP contribution in [0.4, 0.5) is 5.69 Å². The first-order chi connectivity index (χ1) is 14.5. The molecule has 1 aliphatic heterocycles. The third-order valence-corrected chi connectivity index (χ3v) is 6.15. The fourth-order valence-electron chi connectivity index (χ4n) is 3.45. The smallest absolute Gasteiger partial charge is 0.258 e. The van der Waals surface area contributed by atoms with Crippen LogP contribution in [-0.4, -0.2) is 12.5 Å². The van der Waals surface area contributed by atoms with Gasteiger partial charge in [-0.05, 0) is 64.8 Å². The van der Waals surface area contributed by atoms with Gasteiger partial charge >= 0.3 is 0 Å². The van der Waals surface area contributed by atoms with Crippen LogP contribution in [0.5, 0.6) is 5.75 Å². The number of halogens is 3. The van der Waals surface area contributed by atoms with Crippen molar-refractivity contribution in [3.63, 3.8) is 0 Å². The molecule has 0 saturated heterocycles. The molecule has 4 rings (SSSR count). The Bertz CT molecular complexity index is 1160. The lowest BCUT2D eigenvalue weighted by Gasteiger charge is -2.13. The zero-order valence-electron chi connectivity index (χ0n) is 16.2. The number of hydrogen-bond acceptors (Lipinski definition) is 2. The van der Waals surface area contributed by atoms with E-state index in [1.54, 1.807) is 17.0 Å². The van der Waals surface area contributed by atoms with Gasteiger partial charge < -0.3 is 9.64 Å². The number of ether oxygens (including phenoxy) is 1. The van der Waals surface area contributed by atoms with Gasteiger partial charge in [0.1, 0.15) is 12.4 Å². The standard InChI is InChI=1S/C24H18BrCl2NO2/c1-2-28-22-6-4-3-5-18(22)19(24(28)29)11-15-7-10-23(20(25)12-15)30-14-16-8-9-17(26)13-21(16)27/h3-13H,2,14H2,1H3/b19-11-. The van der Waals surface area contributed by atoms with Crippen molar-refractivity contribution in [3.05, 3.63) is 91.9 Å². The predicted octanol–water partition coefficient (Wildman–Crippen LogP) is 7.24. The van der Waals surface area contributed by atoms with Crippen molar-refractivity contribution in [1.82, 2.24) is 0 Å². The lowest BCUT2D eigenvalue weighted by atomic mass is 10.0. The second-order valence-electron chi connectivity index (χ2n) is 6.84. The Labute approximate surface area is 194 Å². The Balaban J connectivity index is 1.57. The molecule has 3 aromatic carbocycles. The second kappa shape index (κ2) is 8.84. The van der Waals surface area contributed by atoms with E-state index in [4.69, 9.17) is 27.9 Å². The van der Waals surface area contributed by atoms with Gasteiger partial charge in [-0.15, -0.1) is 0 Å². The van der Waals surface area contributed by atoms with Crippen LogP contribution < -0.4 is 9.64 Å². The molecule has 0 aromatic heterocycles. The number of para-hydroxylation sites is 1. The topological polar surface area (TPSA) is 29.5 Å². The van der Waals surface area contributed by atoms with Gasteiger partial charge in [0.25, 0.3) is 5.91 Å². The number of hydrogen-bond donors (Lipinski definition) is 0. The number of benzene rings is 3. The quantitative estimate of drug-likeness (QED) is 0.344. The summed E-state index contributed by atoms with van der Waals surface area (Å²) in [7, 11) is 0. The number of rotatable bonds is 5. The molecular formula is C24H18BrCl2NO2. The molecule has 1 aliphatic rings. The maximum Gasteiger partial charge on any atom is 0.258 e. The van der Waals surface area contributed by atoms with Gasteiger partial charge in [-0.2, -0.15) is 0 Å². The minimum Gasteiger partial charge on any atom is -0.488 e. The number of likely N-dealkylation sites (N-methyl/N-ethyl adjacent to an activating group) is 1. The summed E-state index contributed by atoms with van der Waals surface area (Å²) in [5, 5.41) is 1.16. The second-order valence-corrected chi connectivity index (χ2v) is 8.54. The van der Waals surface area contributed by atoms with Gasteiger partial charge in [-0.3, -0.25) is 4.79 Å². The number of fused-ring (bicyclic) bond motifs is 1. The highest BCUT2D eigenvalue weighted by Crippen LogP contribution is 2.38. The molecule has 0 bridgehead atoms. The van der Waals surface area contributed by atoms with Crippen LogP contribution >= 0.6 is 39.1 Å². The number of amides is 1. The van der Waals surface area contributed by atoms with Gasteiger partial charge in [0.2, 0.25) is 0 Å². The molecule has 0 atom stereocenters. The Morgan fingerprint density at radius 2 is 1.87 bits per heavy atom. The molecule has 3 nitrogen and oxygen atoms in total. The predicted molar refractivity (Wildman–Crippen MR) is 127 cm³/mol. The third-order valence-electron chi connectivity index (χ3n) is 4.94. The monoisotopic (exact) mass is 501 g/mol. The van der Waals surface area contributed by atoms with Crippen LogP contribution in [0.1, 0.15) is 23.6 Å². The Kier molecular flexibility index (Phi) is 6.19. The summed E-state index contributed by atoms with van der Waals surface area (Å²) < 4.78 is 6.71. The number of carbonyl (C=O) groups is 1. The van der Waals surface area contributed by atoms with Crippen LogP contribution in [-0.2, 0) is 11.4 Å². The molecule has 0 saturated carbocycles. The van der Waals surface area contributed by atoms with Crippen LogP contribution in [0.3, 0.4) is 0 Å². The van der Waals surface area contributed by atoms with Crippen molar-refractivity contribution in [2.24, 2.45) is 0 Å². The highest BCUT2D eigenvalue weighted by Gasteiger charge is 2.30. The van der Waals surface area contributed by atoms with Gasteiger partial charge in [0.15, 0.2) is 0 Å². The van der Waals surface area contributed by atoms with E-state index in [9.17, 15) is 4.79 Å². The van der Waals surface area contributed by atoms with Crippen molar-refractivity contribution >= 4 is 62.4 Å². The lowest BCUT2D eigenvalue weighted by Crippen LogP contribution is -2.25. The van der Waals surface area contributed by atoms with Crippen molar-refractivity contribution in [2.45, 2.75) is 13.5 Å². The van der Waals surface area contributed by atoms with Crippen LogP contribution in [0.25, 0.3) is 11.6 Å². The number of anilines is 1. The SMILES string of the molecule is CCN1C(=O)/C(=C\c2ccc(OCc3ccc(Cl)cc3Cl)c(Br)c2)c2ccccc21. The molecule has 0 N–H and O–H groups in total. The Morgan fingerprint density at radius 1 is 1.07 bits per heavy atom. The maximum absolute atomic E-state index is 12.9. The first-order valence-corrected chi connectivity index (χ1v) is 11.0. The van der Waals surface area contributed by atoms with Crippen molar-refractivity contribution in [1.29, 1.82) is 0 Å². The highest BCUT2D eigenvalue weighted by molar-refractivity contribution is 9.10. The largest absolute Gasteiger partial charge is 0.488 e. The molecule has 152 valence electrons. The Hall–Kier alpha value is -2.27. The molecule has 3 aromatic rings. The number of carbonyl (C=O) groups excluding carboxylic acids is 1. The Morgan fingerprint density at radius 3 is 2.60 bits per heavy atom. The van der Waals surface area contributed by atoms with Gasteiger partial charge in [0.05, 0.1) is 10.2 Å². The summed E-state index contributed by atoms with van der Waals surface area (Å²) in [4.78, 5) is 14.7. The molecule has 30 heavy (non-hydrogen) atoms. The fourth-order valence-corrected chi connectivity index (χ4v) is 4.42. The molecule has 0 fully saturated rings. The average molecular weight is 503 g/mol. The van der Waals surface area contributed by atoms with E-state index in [0.717, 1.165) is 26.9 Å². The van der Waals surface area contributed by atoms with Gasteiger partial charge in [-0.1, -0.05) is 53.5 Å². The molecule has 0 aliphatic carbocycles. The van der Waals surface area contributed by atoms with Crippen LogP contribution in [0.2, 0.25) is 10.0 Å². The molecule has 1 amide bonds. The van der Waals surface area contributed by atoms with E-state index in [1.165, 1.54) is 0 Å². The first-order valence-electron chi connectivity index (χ1n) is 9.47.